The van der Waals surface area contributed by atoms with Gasteiger partial charge in [0.15, 0.2) is 0 Å². The first-order chi connectivity index (χ1) is 5.43. The predicted octanol–water partition coefficient (Wildman–Crippen LogP) is 2.50. The molecule has 0 amide bonds. The van der Waals surface area contributed by atoms with E-state index in [2.05, 4.69) is 5.87 Å². The molecule has 11 heavy (non-hydrogen) atoms. The van der Waals surface area contributed by atoms with Gasteiger partial charge in [0.2, 0.25) is 0 Å². The molecule has 0 aliphatic heterocycles. The average molecular weight is 143 g/mol. The highest BCUT2D eigenvalue weighted by Crippen LogP contribution is 1.99. The Morgan fingerprint density at radius 1 is 1.18 bits per heavy atom. The summed E-state index contributed by atoms with van der Waals surface area (Å²) in [4.78, 5) is 0. The molecule has 0 aliphatic rings. The Balaban J connectivity index is 2.72. The molecular formula is C10H9N. The first kappa shape index (κ1) is 7.52. The Morgan fingerprint density at radius 3 is 2.55 bits per heavy atom. The molecule has 1 aromatic rings. The minimum atomic E-state index is 1.14. The van der Waals surface area contributed by atoms with E-state index in [9.17, 15) is 0 Å². The zero-order valence-electron chi connectivity index (χ0n) is 6.12. The van der Waals surface area contributed by atoms with Crippen LogP contribution in [0.2, 0.25) is 0 Å². The molecule has 1 heteroatoms. The molecule has 0 unspecified atom stereocenters. The van der Waals surface area contributed by atoms with Crippen LogP contribution in [0.5, 0.6) is 0 Å². The van der Waals surface area contributed by atoms with Crippen molar-refractivity contribution in [2.45, 2.75) is 0 Å². The van der Waals surface area contributed by atoms with Gasteiger partial charge in [-0.3, -0.25) is 5.41 Å². The van der Waals surface area contributed by atoms with Crippen LogP contribution in [0.4, 0.5) is 0 Å². The van der Waals surface area contributed by atoms with Gasteiger partial charge in [-0.15, -0.1) is 0 Å². The summed E-state index contributed by atoms with van der Waals surface area (Å²) in [5.41, 5.74) is 1.14. The number of rotatable bonds is 2. The van der Waals surface area contributed by atoms with Crippen LogP contribution >= 0.6 is 0 Å². The van der Waals surface area contributed by atoms with Gasteiger partial charge in [0.05, 0.1) is 0 Å². The topological polar surface area (TPSA) is 23.9 Å². The fraction of sp³-hybridized carbons (Fsp3) is 0. The van der Waals surface area contributed by atoms with Crippen LogP contribution in [0.15, 0.2) is 42.5 Å². The van der Waals surface area contributed by atoms with Crippen LogP contribution < -0.4 is 0 Å². The highest BCUT2D eigenvalue weighted by molar-refractivity contribution is 5.58. The van der Waals surface area contributed by atoms with E-state index >= 15 is 0 Å². The Labute approximate surface area is 66.2 Å². The smallest absolute Gasteiger partial charge is 0.001000 e. The van der Waals surface area contributed by atoms with E-state index in [-0.39, 0.29) is 0 Å². The maximum atomic E-state index is 6.61. The second-order valence-electron chi connectivity index (χ2n) is 2.08. The third-order valence-corrected chi connectivity index (χ3v) is 1.27. The Morgan fingerprint density at radius 2 is 1.91 bits per heavy atom. The van der Waals surface area contributed by atoms with Crippen LogP contribution in [0, 0.1) is 5.41 Å². The van der Waals surface area contributed by atoms with E-state index in [4.69, 9.17) is 5.41 Å². The molecule has 0 bridgehead atoms. The normalized spacial score (nSPS) is 9.45. The molecule has 54 valence electrons. The van der Waals surface area contributed by atoms with Gasteiger partial charge in [-0.05, 0) is 17.5 Å². The second-order valence-corrected chi connectivity index (χ2v) is 2.08. The molecule has 0 saturated carbocycles. The molecule has 0 radical (unpaired) electrons. The Kier molecular flexibility index (Phi) is 2.91. The van der Waals surface area contributed by atoms with Crippen molar-refractivity contribution in [1.82, 2.24) is 0 Å². The first-order valence-electron chi connectivity index (χ1n) is 3.40. The summed E-state index contributed by atoms with van der Waals surface area (Å²) in [6.45, 7) is 0. The molecule has 1 aromatic carbocycles. The fourth-order valence-electron chi connectivity index (χ4n) is 0.771. The van der Waals surface area contributed by atoms with Gasteiger partial charge in [-0.25, -0.2) is 0 Å². The van der Waals surface area contributed by atoms with Gasteiger partial charge in [0, 0.05) is 0 Å². The lowest BCUT2D eigenvalue weighted by Gasteiger charge is -1.87. The summed E-state index contributed by atoms with van der Waals surface area (Å²) in [6, 6.07) is 9.95. The predicted molar refractivity (Wildman–Crippen MR) is 47.8 cm³/mol. The third kappa shape index (κ3) is 2.65. The van der Waals surface area contributed by atoms with E-state index in [1.165, 1.54) is 0 Å². The molecule has 1 N–H and O–H groups in total. The molecule has 0 heterocycles. The zero-order chi connectivity index (χ0) is 7.94. The summed E-state index contributed by atoms with van der Waals surface area (Å²) in [6.07, 6.45) is 5.29. The minimum absolute atomic E-state index is 1.14. The SMILES string of the molecule is N=C=CC=Cc1ccccc1. The quantitative estimate of drug-likeness (QED) is 0.486. The van der Waals surface area contributed by atoms with Crippen molar-refractivity contribution in [2.75, 3.05) is 0 Å². The number of hydrogen-bond acceptors (Lipinski definition) is 1. The summed E-state index contributed by atoms with van der Waals surface area (Å²) in [5, 5.41) is 6.61. The molecule has 0 aliphatic carbocycles. The van der Waals surface area contributed by atoms with E-state index < -0.39 is 0 Å². The molecule has 1 nitrogen and oxygen atoms in total. The van der Waals surface area contributed by atoms with Crippen LogP contribution in [-0.4, -0.2) is 5.87 Å². The standard InChI is InChI=1S/C10H9N/c11-9-5-4-8-10-6-2-1-3-7-10/h1-8,11H. The Bertz CT molecular complexity index is 279. The first-order valence-corrected chi connectivity index (χ1v) is 3.40. The molecule has 0 spiro atoms. The number of allylic oxidation sites excluding steroid dienone is 2. The van der Waals surface area contributed by atoms with Crippen LogP contribution in [0.3, 0.4) is 0 Å². The lowest BCUT2D eigenvalue weighted by atomic mass is 10.2. The summed E-state index contributed by atoms with van der Waals surface area (Å²) in [5.74, 6) is 2.18. The van der Waals surface area contributed by atoms with Crippen LogP contribution in [-0.2, 0) is 0 Å². The van der Waals surface area contributed by atoms with Crippen LogP contribution in [0.1, 0.15) is 5.56 Å². The van der Waals surface area contributed by atoms with Crippen molar-refractivity contribution in [3.63, 3.8) is 0 Å². The summed E-state index contributed by atoms with van der Waals surface area (Å²) in [7, 11) is 0. The number of nitrogens with one attached hydrogen (secondary N) is 1. The zero-order valence-corrected chi connectivity index (χ0v) is 6.12. The van der Waals surface area contributed by atoms with E-state index in [0.29, 0.717) is 0 Å². The molecule has 0 atom stereocenters. The van der Waals surface area contributed by atoms with Gasteiger partial charge in [-0.1, -0.05) is 42.5 Å². The second kappa shape index (κ2) is 4.26. The lowest BCUT2D eigenvalue weighted by Crippen LogP contribution is -1.66. The third-order valence-electron chi connectivity index (χ3n) is 1.27. The van der Waals surface area contributed by atoms with Gasteiger partial charge < -0.3 is 0 Å². The number of benzene rings is 1. The fourth-order valence-corrected chi connectivity index (χ4v) is 0.771. The molecule has 1 rings (SSSR count). The monoisotopic (exact) mass is 143 g/mol. The van der Waals surface area contributed by atoms with Crippen molar-refractivity contribution in [3.8, 4) is 0 Å². The lowest BCUT2D eigenvalue weighted by molar-refractivity contribution is 1.59. The van der Waals surface area contributed by atoms with Crippen molar-refractivity contribution in [3.05, 3.63) is 48.0 Å². The minimum Gasteiger partial charge on any atom is -0.259 e. The molecule has 0 saturated heterocycles. The summed E-state index contributed by atoms with van der Waals surface area (Å²) >= 11 is 0. The molecule has 0 aromatic heterocycles. The molecular weight excluding hydrogens is 134 g/mol. The number of hydrogen-bond donors (Lipinski definition) is 1. The van der Waals surface area contributed by atoms with Crippen molar-refractivity contribution in [1.29, 1.82) is 5.41 Å². The highest BCUT2D eigenvalue weighted by Gasteiger charge is 1.78. The molecule has 0 fully saturated rings. The van der Waals surface area contributed by atoms with Gasteiger partial charge in [-0.2, -0.15) is 0 Å². The van der Waals surface area contributed by atoms with Crippen LogP contribution in [0.25, 0.3) is 6.08 Å². The van der Waals surface area contributed by atoms with Gasteiger partial charge >= 0.3 is 0 Å². The summed E-state index contributed by atoms with van der Waals surface area (Å²) < 4.78 is 0. The maximum Gasteiger partial charge on any atom is -0.001000 e. The van der Waals surface area contributed by atoms with Crippen molar-refractivity contribution >= 4 is 11.9 Å². The van der Waals surface area contributed by atoms with Gasteiger partial charge in [0.1, 0.15) is 0 Å². The van der Waals surface area contributed by atoms with E-state index in [1.54, 1.807) is 12.2 Å². The van der Waals surface area contributed by atoms with Gasteiger partial charge in [0.25, 0.3) is 0 Å². The van der Waals surface area contributed by atoms with E-state index in [0.717, 1.165) is 5.56 Å². The van der Waals surface area contributed by atoms with Crippen molar-refractivity contribution in [2.24, 2.45) is 0 Å². The Hall–Kier alpha value is -1.59. The highest BCUT2D eigenvalue weighted by atomic mass is 14.3. The van der Waals surface area contributed by atoms with E-state index in [1.807, 2.05) is 36.4 Å². The van der Waals surface area contributed by atoms with Crippen molar-refractivity contribution < 1.29 is 0 Å². The maximum absolute atomic E-state index is 6.61. The largest absolute Gasteiger partial charge is 0.259 e. The average Bonchev–Trinajstić information content (AvgIpc) is 2.07.